The van der Waals surface area contributed by atoms with Crippen LogP contribution in [-0.2, 0) is 23.2 Å². The maximum atomic E-state index is 2.47. The van der Waals surface area contributed by atoms with Crippen LogP contribution in [0.5, 0.6) is 0 Å². The minimum absolute atomic E-state index is 0. The Balaban J connectivity index is 0.000000902. The first kappa shape index (κ1) is 17.5. The van der Waals surface area contributed by atoms with Crippen LogP contribution in [0.15, 0.2) is 42.5 Å². The van der Waals surface area contributed by atoms with Crippen molar-refractivity contribution in [1.82, 2.24) is 0 Å². The molecule has 0 bridgehead atoms. The number of hydrogen-bond donors (Lipinski definition) is 0. The fraction of sp³-hybridized carbons (Fsp3) is 0.500. The molecule has 3 heteroatoms. The van der Waals surface area contributed by atoms with E-state index in [1.807, 2.05) is 3.28 Å². The molecule has 0 N–H and O–H groups in total. The first-order chi connectivity index (χ1) is 8.43. The number of rotatable bonds is 3. The summed E-state index contributed by atoms with van der Waals surface area (Å²) in [5.41, 5.74) is 1.78. The molecule has 19 heavy (non-hydrogen) atoms. The minimum atomic E-state index is -0.413. The van der Waals surface area contributed by atoms with Crippen LogP contribution in [0.25, 0.3) is 0 Å². The zero-order valence-electron chi connectivity index (χ0n) is 11.2. The monoisotopic (exact) mass is 372 g/mol. The zero-order valence-corrected chi connectivity index (χ0v) is 15.1. The van der Waals surface area contributed by atoms with Crippen molar-refractivity contribution in [2.45, 2.75) is 44.9 Å². The van der Waals surface area contributed by atoms with Crippen LogP contribution in [0.1, 0.15) is 44.9 Å². The molecule has 0 aromatic heterocycles. The van der Waals surface area contributed by atoms with E-state index >= 15 is 0 Å². The quantitative estimate of drug-likeness (QED) is 0.577. The molecule has 0 aromatic rings. The first-order valence-corrected chi connectivity index (χ1v) is 9.41. The fourth-order valence-corrected chi connectivity index (χ4v) is 6.71. The average molecular weight is 374 g/mol. The number of allylic oxidation sites excluding steroid dienone is 8. The van der Waals surface area contributed by atoms with Crippen molar-refractivity contribution in [3.05, 3.63) is 42.5 Å². The van der Waals surface area contributed by atoms with E-state index in [1.54, 1.807) is 8.85 Å². The minimum Gasteiger partial charge on any atom is -1.00 e. The summed E-state index contributed by atoms with van der Waals surface area (Å²) in [7, 11) is 0. The third-order valence-corrected chi connectivity index (χ3v) is 7.75. The van der Waals surface area contributed by atoms with Crippen LogP contribution in [0.4, 0.5) is 0 Å². The van der Waals surface area contributed by atoms with Crippen LogP contribution in [0, 0.1) is 5.92 Å². The van der Waals surface area contributed by atoms with Gasteiger partial charge in [-0.15, -0.1) is 0 Å². The molecule has 0 amide bonds. The molecule has 0 spiro atoms. The maximum absolute atomic E-state index is 2.47. The normalized spacial score (nSPS) is 21.8. The van der Waals surface area contributed by atoms with Crippen molar-refractivity contribution >= 4 is 0 Å². The Bertz CT molecular complexity index is 412. The molecule has 3 aliphatic rings. The van der Waals surface area contributed by atoms with Gasteiger partial charge >= 0.3 is 117 Å². The largest absolute Gasteiger partial charge is 1.00 e. The van der Waals surface area contributed by atoms with Crippen LogP contribution in [0.2, 0.25) is 0 Å². The smallest absolute Gasteiger partial charge is 1.00 e. The summed E-state index contributed by atoms with van der Waals surface area (Å²) in [5.74, 6) is 0.924. The number of halogens is 2. The Morgan fingerprint density at radius 2 is 1.74 bits per heavy atom. The van der Waals surface area contributed by atoms with Gasteiger partial charge in [0, 0.05) is 0 Å². The SMILES string of the molecule is C1=CC[C]([Zr+2][C]2=C(C3CCCCC3)C=CC2)=C1.[Cl-].[Cl-]. The van der Waals surface area contributed by atoms with E-state index in [9.17, 15) is 0 Å². The molecule has 0 radical (unpaired) electrons. The number of hydrogen-bond acceptors (Lipinski definition) is 0. The molecule has 0 aliphatic heterocycles. The molecular formula is C16H20Cl2Zr. The van der Waals surface area contributed by atoms with Crippen molar-refractivity contribution in [2.24, 2.45) is 5.92 Å². The molecule has 0 heterocycles. The summed E-state index contributed by atoms with van der Waals surface area (Å²) in [4.78, 5) is 0. The predicted molar refractivity (Wildman–Crippen MR) is 69.2 cm³/mol. The van der Waals surface area contributed by atoms with Crippen molar-refractivity contribution in [1.29, 1.82) is 0 Å². The summed E-state index contributed by atoms with van der Waals surface area (Å²) in [6.45, 7) is 0. The second-order valence-electron chi connectivity index (χ2n) is 5.32. The molecule has 3 aliphatic carbocycles. The van der Waals surface area contributed by atoms with Gasteiger partial charge in [-0.2, -0.15) is 0 Å². The molecule has 102 valence electrons. The molecule has 0 atom stereocenters. The topological polar surface area (TPSA) is 0 Å². The van der Waals surface area contributed by atoms with Gasteiger partial charge in [-0.3, -0.25) is 0 Å². The van der Waals surface area contributed by atoms with E-state index in [0.717, 1.165) is 5.92 Å². The Hall–Kier alpha value is 0.423. The van der Waals surface area contributed by atoms with E-state index in [1.165, 1.54) is 44.9 Å². The van der Waals surface area contributed by atoms with E-state index < -0.39 is 23.2 Å². The van der Waals surface area contributed by atoms with Gasteiger partial charge in [-0.25, -0.2) is 0 Å². The van der Waals surface area contributed by atoms with E-state index in [-0.39, 0.29) is 24.8 Å². The fourth-order valence-electron chi connectivity index (χ4n) is 3.18. The second-order valence-corrected chi connectivity index (χ2v) is 9.00. The van der Waals surface area contributed by atoms with Gasteiger partial charge in [-0.1, -0.05) is 0 Å². The van der Waals surface area contributed by atoms with Crippen LogP contribution in [-0.4, -0.2) is 0 Å². The zero-order chi connectivity index (χ0) is 11.5. The van der Waals surface area contributed by atoms with Crippen molar-refractivity contribution in [3.8, 4) is 0 Å². The molecular weight excluding hydrogens is 354 g/mol. The summed E-state index contributed by atoms with van der Waals surface area (Å²) >= 11 is -0.413. The molecule has 3 rings (SSSR count). The van der Waals surface area contributed by atoms with Gasteiger partial charge in [0.1, 0.15) is 0 Å². The third kappa shape index (κ3) is 4.45. The van der Waals surface area contributed by atoms with Gasteiger partial charge < -0.3 is 24.8 Å². The van der Waals surface area contributed by atoms with Gasteiger partial charge in [0.2, 0.25) is 0 Å². The van der Waals surface area contributed by atoms with Crippen molar-refractivity contribution < 1.29 is 48.0 Å². The predicted octanol–water partition coefficient (Wildman–Crippen LogP) is -1.28. The molecule has 0 unspecified atom stereocenters. The standard InChI is InChI=1S/C11H15.C5H5.2ClH.Zr/c1-2-6-10(7-3-1)11-8-4-5-9-11;1-2-4-5-3-1;;;/h4,8,10H,1-3,5-7H2;1-3H,4H2;2*1H;/q;;;;+2/p-2. The molecule has 0 nitrogen and oxygen atoms in total. The molecule has 1 saturated carbocycles. The van der Waals surface area contributed by atoms with Gasteiger partial charge in [0.05, 0.1) is 0 Å². The average Bonchev–Trinajstić information content (AvgIpc) is 3.02. The van der Waals surface area contributed by atoms with Crippen LogP contribution in [0.3, 0.4) is 0 Å². The molecule has 1 fully saturated rings. The molecule has 0 saturated heterocycles. The van der Waals surface area contributed by atoms with Gasteiger partial charge in [-0.05, 0) is 0 Å². The van der Waals surface area contributed by atoms with Crippen LogP contribution >= 0.6 is 0 Å². The summed E-state index contributed by atoms with van der Waals surface area (Å²) in [5, 5.41) is 0. The van der Waals surface area contributed by atoms with Crippen molar-refractivity contribution in [2.75, 3.05) is 0 Å². The Labute approximate surface area is 140 Å². The van der Waals surface area contributed by atoms with E-state index in [4.69, 9.17) is 0 Å². The Morgan fingerprint density at radius 3 is 2.42 bits per heavy atom. The Morgan fingerprint density at radius 1 is 0.947 bits per heavy atom. The van der Waals surface area contributed by atoms with Crippen LogP contribution < -0.4 is 24.8 Å². The Kier molecular flexibility index (Phi) is 7.96. The van der Waals surface area contributed by atoms with E-state index in [0.29, 0.717) is 0 Å². The van der Waals surface area contributed by atoms with Crippen molar-refractivity contribution in [3.63, 3.8) is 0 Å². The molecule has 0 aromatic carbocycles. The second kappa shape index (κ2) is 8.65. The van der Waals surface area contributed by atoms with Gasteiger partial charge in [0.15, 0.2) is 0 Å². The summed E-state index contributed by atoms with van der Waals surface area (Å²) in [6.07, 6.45) is 21.7. The third-order valence-electron chi connectivity index (χ3n) is 4.10. The summed E-state index contributed by atoms with van der Waals surface area (Å²) in [6, 6.07) is 0. The maximum Gasteiger partial charge on any atom is -1.00 e. The van der Waals surface area contributed by atoms with E-state index in [2.05, 4.69) is 30.4 Å². The first-order valence-electron chi connectivity index (χ1n) is 6.96. The summed E-state index contributed by atoms with van der Waals surface area (Å²) < 4.78 is 3.66. The van der Waals surface area contributed by atoms with Gasteiger partial charge in [0.25, 0.3) is 0 Å².